The Kier molecular flexibility index (Phi) is 4.58. The highest BCUT2D eigenvalue weighted by Crippen LogP contribution is 2.27. The maximum atomic E-state index is 12.9. The molecule has 1 unspecified atom stereocenters. The topological polar surface area (TPSA) is 44.5 Å². The molecule has 0 heterocycles. The number of hydrogen-bond donors (Lipinski definition) is 1. The molecule has 0 aromatic heterocycles. The Labute approximate surface area is 118 Å². The molecule has 2 N–H and O–H groups in total. The minimum atomic E-state index is -0.245. The summed E-state index contributed by atoms with van der Waals surface area (Å²) in [4.78, 5) is 0. The average molecular weight is 275 g/mol. The third kappa shape index (κ3) is 3.48. The van der Waals surface area contributed by atoms with Crippen LogP contribution in [-0.2, 0) is 6.42 Å². The number of benzene rings is 2. The molecule has 3 nitrogen and oxygen atoms in total. The van der Waals surface area contributed by atoms with E-state index in [1.807, 2.05) is 12.1 Å². The molecular formula is C16H18FNO2. The number of rotatable bonds is 5. The van der Waals surface area contributed by atoms with E-state index in [-0.39, 0.29) is 11.9 Å². The Bertz CT molecular complexity index is 547. The first kappa shape index (κ1) is 14.3. The highest BCUT2D eigenvalue weighted by molar-refractivity contribution is 5.40. The molecule has 1 atom stereocenters. The van der Waals surface area contributed by atoms with E-state index in [0.29, 0.717) is 17.9 Å². The lowest BCUT2D eigenvalue weighted by molar-refractivity contribution is 0.392. The fraction of sp³-hybridized carbons (Fsp3) is 0.250. The molecule has 0 radical (unpaired) electrons. The second-order valence-corrected chi connectivity index (χ2v) is 4.58. The highest BCUT2D eigenvalue weighted by Gasteiger charge is 2.10. The van der Waals surface area contributed by atoms with E-state index in [2.05, 4.69) is 0 Å². The van der Waals surface area contributed by atoms with E-state index in [0.717, 1.165) is 11.1 Å². The minimum absolute atomic E-state index is 0.204. The molecule has 20 heavy (non-hydrogen) atoms. The molecule has 0 fully saturated rings. The number of halogens is 1. The molecular weight excluding hydrogens is 257 g/mol. The fourth-order valence-electron chi connectivity index (χ4n) is 2.04. The summed E-state index contributed by atoms with van der Waals surface area (Å²) in [5, 5.41) is 0. The molecule has 0 amide bonds. The van der Waals surface area contributed by atoms with Gasteiger partial charge < -0.3 is 15.2 Å². The minimum Gasteiger partial charge on any atom is -0.497 e. The van der Waals surface area contributed by atoms with Crippen LogP contribution in [0.3, 0.4) is 0 Å². The zero-order chi connectivity index (χ0) is 14.5. The van der Waals surface area contributed by atoms with E-state index in [1.54, 1.807) is 32.4 Å². The van der Waals surface area contributed by atoms with Crippen molar-refractivity contribution in [1.82, 2.24) is 0 Å². The van der Waals surface area contributed by atoms with E-state index in [4.69, 9.17) is 15.2 Å². The second kappa shape index (κ2) is 6.39. The maximum Gasteiger partial charge on any atom is 0.123 e. The monoisotopic (exact) mass is 275 g/mol. The zero-order valence-corrected chi connectivity index (χ0v) is 11.6. The van der Waals surface area contributed by atoms with Gasteiger partial charge in [-0.05, 0) is 41.8 Å². The maximum absolute atomic E-state index is 12.9. The lowest BCUT2D eigenvalue weighted by atomic mass is 9.99. The third-order valence-corrected chi connectivity index (χ3v) is 3.17. The number of ether oxygens (including phenoxy) is 2. The molecule has 2 aromatic rings. The summed E-state index contributed by atoms with van der Waals surface area (Å²) in [5.74, 6) is 1.16. The van der Waals surface area contributed by atoms with Gasteiger partial charge in [0.25, 0.3) is 0 Å². The smallest absolute Gasteiger partial charge is 0.123 e. The first-order chi connectivity index (χ1) is 9.62. The van der Waals surface area contributed by atoms with Crippen LogP contribution in [-0.4, -0.2) is 14.2 Å². The first-order valence-electron chi connectivity index (χ1n) is 6.35. The summed E-state index contributed by atoms with van der Waals surface area (Å²) in [6.07, 6.45) is 0.622. The van der Waals surface area contributed by atoms with Crippen LogP contribution >= 0.6 is 0 Å². The van der Waals surface area contributed by atoms with Gasteiger partial charge in [-0.3, -0.25) is 0 Å². The van der Waals surface area contributed by atoms with Crippen molar-refractivity contribution in [3.8, 4) is 11.5 Å². The lowest BCUT2D eigenvalue weighted by Crippen LogP contribution is -2.13. The summed E-state index contributed by atoms with van der Waals surface area (Å²) >= 11 is 0. The van der Waals surface area contributed by atoms with Crippen molar-refractivity contribution in [3.05, 3.63) is 59.4 Å². The Morgan fingerprint density at radius 3 is 2.05 bits per heavy atom. The summed E-state index contributed by atoms with van der Waals surface area (Å²) in [6.45, 7) is 0. The molecule has 0 saturated carbocycles. The van der Waals surface area contributed by atoms with Gasteiger partial charge in [0.1, 0.15) is 17.3 Å². The van der Waals surface area contributed by atoms with Crippen molar-refractivity contribution in [2.75, 3.05) is 14.2 Å². The summed E-state index contributed by atoms with van der Waals surface area (Å²) < 4.78 is 23.3. The number of methoxy groups -OCH3 is 2. The SMILES string of the molecule is COc1cc(OC)cc(C(N)Cc2ccc(F)cc2)c1. The van der Waals surface area contributed by atoms with Gasteiger partial charge in [0.15, 0.2) is 0 Å². The van der Waals surface area contributed by atoms with Crippen molar-refractivity contribution < 1.29 is 13.9 Å². The lowest BCUT2D eigenvalue weighted by Gasteiger charge is -2.15. The molecule has 106 valence electrons. The van der Waals surface area contributed by atoms with Gasteiger partial charge in [-0.2, -0.15) is 0 Å². The normalized spacial score (nSPS) is 12.0. The van der Waals surface area contributed by atoms with Crippen LogP contribution in [0.4, 0.5) is 4.39 Å². The number of hydrogen-bond acceptors (Lipinski definition) is 3. The molecule has 0 bridgehead atoms. The van der Waals surface area contributed by atoms with Crippen LogP contribution in [0.25, 0.3) is 0 Å². The van der Waals surface area contributed by atoms with Crippen LogP contribution in [0.2, 0.25) is 0 Å². The van der Waals surface area contributed by atoms with E-state index < -0.39 is 0 Å². The second-order valence-electron chi connectivity index (χ2n) is 4.58. The highest BCUT2D eigenvalue weighted by atomic mass is 19.1. The Balaban J connectivity index is 2.19. The van der Waals surface area contributed by atoms with Gasteiger partial charge in [-0.1, -0.05) is 12.1 Å². The standard InChI is InChI=1S/C16H18FNO2/c1-19-14-8-12(9-15(10-14)20-2)16(18)7-11-3-5-13(17)6-4-11/h3-6,8-10,16H,7,18H2,1-2H3. The van der Waals surface area contributed by atoms with Crippen molar-refractivity contribution in [3.63, 3.8) is 0 Å². The van der Waals surface area contributed by atoms with Gasteiger partial charge in [0.2, 0.25) is 0 Å². The van der Waals surface area contributed by atoms with E-state index >= 15 is 0 Å². The van der Waals surface area contributed by atoms with Crippen LogP contribution in [0.15, 0.2) is 42.5 Å². The molecule has 4 heteroatoms. The van der Waals surface area contributed by atoms with Crippen molar-refractivity contribution in [2.24, 2.45) is 5.73 Å². The van der Waals surface area contributed by atoms with Crippen LogP contribution in [0.5, 0.6) is 11.5 Å². The van der Waals surface area contributed by atoms with Crippen LogP contribution in [0, 0.1) is 5.82 Å². The van der Waals surface area contributed by atoms with Crippen LogP contribution < -0.4 is 15.2 Å². The Morgan fingerprint density at radius 1 is 1.00 bits per heavy atom. The quantitative estimate of drug-likeness (QED) is 0.912. The Hall–Kier alpha value is -2.07. The summed E-state index contributed by atoms with van der Waals surface area (Å²) in [5.41, 5.74) is 8.12. The van der Waals surface area contributed by atoms with Crippen molar-refractivity contribution in [2.45, 2.75) is 12.5 Å². The van der Waals surface area contributed by atoms with Gasteiger partial charge in [0, 0.05) is 12.1 Å². The van der Waals surface area contributed by atoms with Crippen molar-refractivity contribution in [1.29, 1.82) is 0 Å². The molecule has 2 rings (SSSR count). The summed E-state index contributed by atoms with van der Waals surface area (Å²) in [7, 11) is 3.20. The average Bonchev–Trinajstić information content (AvgIpc) is 2.48. The Morgan fingerprint density at radius 2 is 1.55 bits per heavy atom. The molecule has 0 spiro atoms. The first-order valence-corrected chi connectivity index (χ1v) is 6.35. The predicted octanol–water partition coefficient (Wildman–Crippen LogP) is 3.09. The van der Waals surface area contributed by atoms with Gasteiger partial charge >= 0.3 is 0 Å². The van der Waals surface area contributed by atoms with Gasteiger partial charge in [0.05, 0.1) is 14.2 Å². The molecule has 0 aliphatic heterocycles. The largest absolute Gasteiger partial charge is 0.497 e. The molecule has 2 aromatic carbocycles. The molecule has 0 aliphatic rings. The summed E-state index contributed by atoms with van der Waals surface area (Å²) in [6, 6.07) is 11.7. The molecule has 0 aliphatic carbocycles. The third-order valence-electron chi connectivity index (χ3n) is 3.17. The molecule has 0 saturated heterocycles. The van der Waals surface area contributed by atoms with Gasteiger partial charge in [-0.25, -0.2) is 4.39 Å². The van der Waals surface area contributed by atoms with Crippen molar-refractivity contribution >= 4 is 0 Å². The van der Waals surface area contributed by atoms with Crippen LogP contribution in [0.1, 0.15) is 17.2 Å². The van der Waals surface area contributed by atoms with Gasteiger partial charge in [-0.15, -0.1) is 0 Å². The predicted molar refractivity (Wildman–Crippen MR) is 76.6 cm³/mol. The number of nitrogens with two attached hydrogens (primary N) is 1. The zero-order valence-electron chi connectivity index (χ0n) is 11.6. The fourth-order valence-corrected chi connectivity index (χ4v) is 2.04. The van der Waals surface area contributed by atoms with E-state index in [9.17, 15) is 4.39 Å². The van der Waals surface area contributed by atoms with E-state index in [1.165, 1.54) is 12.1 Å².